The van der Waals surface area contributed by atoms with E-state index in [1.165, 1.54) is 32.8 Å². The second-order valence-electron chi connectivity index (χ2n) is 5.88. The van der Waals surface area contributed by atoms with Gasteiger partial charge >= 0.3 is 5.97 Å². The molecular weight excluding hydrogens is 214 g/mol. The zero-order valence-electron chi connectivity index (χ0n) is 11.8. The number of carbonyl (C=O) groups is 1. The molecule has 1 rings (SSSR count). The number of methoxy groups -OCH3 is 1. The van der Waals surface area contributed by atoms with E-state index in [9.17, 15) is 4.79 Å². The SMILES string of the molecule is CCCC1CCN(CC(C)(C)C(=O)OC)CC1. The average molecular weight is 241 g/mol. The Bertz CT molecular complexity index is 243. The Balaban J connectivity index is 2.37. The zero-order valence-corrected chi connectivity index (χ0v) is 11.8. The summed E-state index contributed by atoms with van der Waals surface area (Å²) in [6, 6.07) is 0. The van der Waals surface area contributed by atoms with Crippen molar-refractivity contribution in [1.29, 1.82) is 0 Å². The first-order chi connectivity index (χ1) is 7.99. The molecule has 0 aliphatic carbocycles. The highest BCUT2D eigenvalue weighted by Crippen LogP contribution is 2.25. The lowest BCUT2D eigenvalue weighted by Crippen LogP contribution is -2.43. The number of rotatable bonds is 5. The van der Waals surface area contributed by atoms with Gasteiger partial charge in [-0.2, -0.15) is 0 Å². The van der Waals surface area contributed by atoms with E-state index in [0.717, 1.165) is 25.6 Å². The van der Waals surface area contributed by atoms with Gasteiger partial charge in [0.25, 0.3) is 0 Å². The normalized spacial score (nSPS) is 19.3. The predicted octanol–water partition coefficient (Wildman–Crippen LogP) is 2.70. The Labute approximate surface area is 106 Å². The number of carbonyl (C=O) groups excluding carboxylic acids is 1. The fourth-order valence-electron chi connectivity index (χ4n) is 2.74. The minimum Gasteiger partial charge on any atom is -0.469 e. The fourth-order valence-corrected chi connectivity index (χ4v) is 2.74. The molecule has 0 radical (unpaired) electrons. The Kier molecular flexibility index (Phi) is 5.44. The van der Waals surface area contributed by atoms with Crippen molar-refractivity contribution in [3.05, 3.63) is 0 Å². The first-order valence-electron chi connectivity index (χ1n) is 6.80. The smallest absolute Gasteiger partial charge is 0.312 e. The van der Waals surface area contributed by atoms with Crippen LogP contribution in [0.1, 0.15) is 46.5 Å². The second-order valence-corrected chi connectivity index (χ2v) is 5.88. The summed E-state index contributed by atoms with van der Waals surface area (Å²) in [5.41, 5.74) is -0.383. The first kappa shape index (κ1) is 14.5. The number of piperidine rings is 1. The summed E-state index contributed by atoms with van der Waals surface area (Å²) in [4.78, 5) is 14.0. The van der Waals surface area contributed by atoms with E-state index in [2.05, 4.69) is 11.8 Å². The zero-order chi connectivity index (χ0) is 12.9. The molecule has 1 saturated heterocycles. The minimum atomic E-state index is -0.383. The molecule has 100 valence electrons. The number of likely N-dealkylation sites (tertiary alicyclic amines) is 1. The van der Waals surface area contributed by atoms with Crippen LogP contribution in [0.4, 0.5) is 0 Å². The molecule has 0 saturated carbocycles. The van der Waals surface area contributed by atoms with Crippen molar-refractivity contribution in [3.8, 4) is 0 Å². The molecule has 0 bridgehead atoms. The lowest BCUT2D eigenvalue weighted by atomic mass is 9.89. The van der Waals surface area contributed by atoms with Crippen LogP contribution < -0.4 is 0 Å². The molecule has 0 amide bonds. The van der Waals surface area contributed by atoms with Gasteiger partial charge in [0.2, 0.25) is 0 Å². The van der Waals surface area contributed by atoms with E-state index in [4.69, 9.17) is 4.74 Å². The standard InChI is InChI=1S/C14H27NO2/c1-5-6-12-7-9-15(10-8-12)11-14(2,3)13(16)17-4/h12H,5-11H2,1-4H3. The highest BCUT2D eigenvalue weighted by atomic mass is 16.5. The molecule has 0 spiro atoms. The molecule has 1 aliphatic heterocycles. The Morgan fingerprint density at radius 3 is 2.41 bits per heavy atom. The summed E-state index contributed by atoms with van der Waals surface area (Å²) in [6.07, 6.45) is 5.21. The molecule has 3 nitrogen and oxygen atoms in total. The van der Waals surface area contributed by atoms with Crippen molar-refractivity contribution < 1.29 is 9.53 Å². The van der Waals surface area contributed by atoms with Gasteiger partial charge < -0.3 is 9.64 Å². The molecule has 0 aromatic heterocycles. The third-order valence-electron chi connectivity index (χ3n) is 3.76. The average Bonchev–Trinajstić information content (AvgIpc) is 2.30. The molecule has 17 heavy (non-hydrogen) atoms. The molecule has 1 aliphatic rings. The monoisotopic (exact) mass is 241 g/mol. The van der Waals surface area contributed by atoms with Gasteiger partial charge in [-0.15, -0.1) is 0 Å². The Morgan fingerprint density at radius 2 is 1.94 bits per heavy atom. The molecular formula is C14H27NO2. The summed E-state index contributed by atoms with van der Waals surface area (Å²) in [5.74, 6) is 0.797. The molecule has 1 heterocycles. The lowest BCUT2D eigenvalue weighted by Gasteiger charge is -2.36. The van der Waals surface area contributed by atoms with E-state index >= 15 is 0 Å². The van der Waals surface area contributed by atoms with Crippen LogP contribution in [0, 0.1) is 11.3 Å². The summed E-state index contributed by atoms with van der Waals surface area (Å²) < 4.78 is 4.85. The third kappa shape index (κ3) is 4.30. The van der Waals surface area contributed by atoms with E-state index in [1.807, 2.05) is 13.8 Å². The summed E-state index contributed by atoms with van der Waals surface area (Å²) in [6.45, 7) is 9.27. The van der Waals surface area contributed by atoms with Crippen LogP contribution >= 0.6 is 0 Å². The van der Waals surface area contributed by atoms with E-state index in [0.29, 0.717) is 0 Å². The molecule has 0 aromatic rings. The lowest BCUT2D eigenvalue weighted by molar-refractivity contribution is -0.152. The second kappa shape index (κ2) is 6.39. The highest BCUT2D eigenvalue weighted by Gasteiger charge is 2.32. The van der Waals surface area contributed by atoms with Crippen molar-refractivity contribution in [3.63, 3.8) is 0 Å². The van der Waals surface area contributed by atoms with Gasteiger partial charge in [-0.1, -0.05) is 19.8 Å². The minimum absolute atomic E-state index is 0.104. The van der Waals surface area contributed by atoms with Crippen LogP contribution in [-0.2, 0) is 9.53 Å². The molecule has 0 N–H and O–H groups in total. The van der Waals surface area contributed by atoms with E-state index < -0.39 is 0 Å². The number of ether oxygens (including phenoxy) is 1. The summed E-state index contributed by atoms with van der Waals surface area (Å²) >= 11 is 0. The van der Waals surface area contributed by atoms with Crippen LogP contribution in [0.2, 0.25) is 0 Å². The van der Waals surface area contributed by atoms with Crippen molar-refractivity contribution in [2.45, 2.75) is 46.5 Å². The fraction of sp³-hybridized carbons (Fsp3) is 0.929. The molecule has 0 unspecified atom stereocenters. The number of hydrogen-bond acceptors (Lipinski definition) is 3. The molecule has 0 aromatic carbocycles. The van der Waals surface area contributed by atoms with Gasteiger partial charge in [-0.3, -0.25) is 4.79 Å². The van der Waals surface area contributed by atoms with Gasteiger partial charge in [0.1, 0.15) is 0 Å². The molecule has 3 heteroatoms. The van der Waals surface area contributed by atoms with Gasteiger partial charge in [0.15, 0.2) is 0 Å². The van der Waals surface area contributed by atoms with Crippen LogP contribution in [0.3, 0.4) is 0 Å². The Hall–Kier alpha value is -0.570. The van der Waals surface area contributed by atoms with Crippen molar-refractivity contribution >= 4 is 5.97 Å². The van der Waals surface area contributed by atoms with Crippen LogP contribution in [0.25, 0.3) is 0 Å². The van der Waals surface area contributed by atoms with Crippen LogP contribution in [0.5, 0.6) is 0 Å². The van der Waals surface area contributed by atoms with E-state index in [1.54, 1.807) is 0 Å². The predicted molar refractivity (Wildman–Crippen MR) is 69.9 cm³/mol. The summed E-state index contributed by atoms with van der Waals surface area (Å²) in [7, 11) is 1.47. The number of esters is 1. The van der Waals surface area contributed by atoms with Gasteiger partial charge in [-0.05, 0) is 45.7 Å². The maximum atomic E-state index is 11.6. The first-order valence-corrected chi connectivity index (χ1v) is 6.80. The molecule has 0 atom stereocenters. The third-order valence-corrected chi connectivity index (χ3v) is 3.76. The maximum Gasteiger partial charge on any atom is 0.312 e. The Morgan fingerprint density at radius 1 is 1.35 bits per heavy atom. The van der Waals surface area contributed by atoms with E-state index in [-0.39, 0.29) is 11.4 Å². The van der Waals surface area contributed by atoms with Gasteiger partial charge in [-0.25, -0.2) is 0 Å². The molecule has 1 fully saturated rings. The number of hydrogen-bond donors (Lipinski definition) is 0. The van der Waals surface area contributed by atoms with Gasteiger partial charge in [0, 0.05) is 6.54 Å². The van der Waals surface area contributed by atoms with Crippen LogP contribution in [-0.4, -0.2) is 37.6 Å². The van der Waals surface area contributed by atoms with Crippen LogP contribution in [0.15, 0.2) is 0 Å². The maximum absolute atomic E-state index is 11.6. The van der Waals surface area contributed by atoms with Crippen molar-refractivity contribution in [1.82, 2.24) is 4.90 Å². The highest BCUT2D eigenvalue weighted by molar-refractivity contribution is 5.76. The summed E-state index contributed by atoms with van der Waals surface area (Å²) in [5, 5.41) is 0. The topological polar surface area (TPSA) is 29.5 Å². The largest absolute Gasteiger partial charge is 0.469 e. The number of nitrogens with zero attached hydrogens (tertiary/aromatic N) is 1. The van der Waals surface area contributed by atoms with Gasteiger partial charge in [0.05, 0.1) is 12.5 Å². The van der Waals surface area contributed by atoms with Crippen molar-refractivity contribution in [2.75, 3.05) is 26.7 Å². The van der Waals surface area contributed by atoms with Crippen molar-refractivity contribution in [2.24, 2.45) is 11.3 Å². The quantitative estimate of drug-likeness (QED) is 0.693.